The third kappa shape index (κ3) is 3.95. The number of piperidine rings is 1. The first-order valence-corrected chi connectivity index (χ1v) is 7.06. The van der Waals surface area contributed by atoms with Crippen LogP contribution in [0.1, 0.15) is 40.0 Å². The zero-order valence-corrected chi connectivity index (χ0v) is 12.5. The second kappa shape index (κ2) is 6.53. The van der Waals surface area contributed by atoms with Crippen LogP contribution in [0.5, 0.6) is 0 Å². The number of amides is 1. The summed E-state index contributed by atoms with van der Waals surface area (Å²) in [5.74, 6) is 0.683. The fraction of sp³-hybridized carbons (Fsp3) is 0.929. The molecule has 0 bridgehead atoms. The molecule has 1 fully saturated rings. The van der Waals surface area contributed by atoms with Gasteiger partial charge >= 0.3 is 0 Å². The van der Waals surface area contributed by atoms with E-state index in [0.29, 0.717) is 12.0 Å². The summed E-state index contributed by atoms with van der Waals surface area (Å²) >= 11 is 0. The Labute approximate surface area is 111 Å². The average Bonchev–Trinajstić information content (AvgIpc) is 2.29. The van der Waals surface area contributed by atoms with Crippen LogP contribution >= 0.6 is 0 Å². The van der Waals surface area contributed by atoms with Crippen LogP contribution in [-0.2, 0) is 4.79 Å². The summed E-state index contributed by atoms with van der Waals surface area (Å²) in [5, 5.41) is 6.46. The Morgan fingerprint density at radius 1 is 1.39 bits per heavy atom. The Kier molecular flexibility index (Phi) is 5.60. The predicted octanol–water partition coefficient (Wildman–Crippen LogP) is 1.22. The Balaban J connectivity index is 2.48. The van der Waals surface area contributed by atoms with Gasteiger partial charge in [-0.15, -0.1) is 0 Å². The van der Waals surface area contributed by atoms with Crippen LogP contribution in [0.25, 0.3) is 0 Å². The monoisotopic (exact) mass is 255 g/mol. The van der Waals surface area contributed by atoms with E-state index in [1.807, 2.05) is 6.92 Å². The van der Waals surface area contributed by atoms with E-state index in [9.17, 15) is 4.79 Å². The van der Waals surface area contributed by atoms with Crippen LogP contribution in [0.4, 0.5) is 0 Å². The number of carbonyl (C=O) groups excluding carboxylic acids is 1. The molecule has 106 valence electrons. The fourth-order valence-electron chi connectivity index (χ4n) is 2.66. The van der Waals surface area contributed by atoms with Gasteiger partial charge in [0.25, 0.3) is 0 Å². The number of nitrogens with zero attached hydrogens (tertiary/aromatic N) is 1. The van der Waals surface area contributed by atoms with Crippen molar-refractivity contribution in [2.24, 2.45) is 5.92 Å². The molecule has 0 aromatic heterocycles. The molecule has 4 heteroatoms. The Morgan fingerprint density at radius 3 is 2.50 bits per heavy atom. The quantitative estimate of drug-likeness (QED) is 0.776. The molecular weight excluding hydrogens is 226 g/mol. The summed E-state index contributed by atoms with van der Waals surface area (Å²) in [5.41, 5.74) is -0.369. The topological polar surface area (TPSA) is 44.4 Å². The van der Waals surface area contributed by atoms with Gasteiger partial charge in [0.05, 0.1) is 5.54 Å². The van der Waals surface area contributed by atoms with E-state index in [-0.39, 0.29) is 11.4 Å². The van der Waals surface area contributed by atoms with Crippen molar-refractivity contribution in [3.05, 3.63) is 0 Å². The molecule has 1 amide bonds. The Morgan fingerprint density at radius 2 is 2.06 bits per heavy atom. The maximum absolute atomic E-state index is 12.3. The van der Waals surface area contributed by atoms with Gasteiger partial charge in [-0.2, -0.15) is 0 Å². The van der Waals surface area contributed by atoms with Gasteiger partial charge in [-0.05, 0) is 52.7 Å². The number of hydrogen-bond donors (Lipinski definition) is 2. The van der Waals surface area contributed by atoms with Crippen molar-refractivity contribution in [2.45, 2.75) is 51.6 Å². The first-order chi connectivity index (χ1) is 8.37. The zero-order valence-electron chi connectivity index (χ0n) is 12.5. The maximum atomic E-state index is 12.3. The Bertz CT molecular complexity index is 262. The number of carbonyl (C=O) groups is 1. The fourth-order valence-corrected chi connectivity index (χ4v) is 2.66. The molecule has 1 aliphatic rings. The van der Waals surface area contributed by atoms with Crippen LogP contribution in [0.2, 0.25) is 0 Å². The second-order valence-corrected chi connectivity index (χ2v) is 6.20. The first kappa shape index (κ1) is 15.4. The third-order valence-corrected chi connectivity index (χ3v) is 4.02. The van der Waals surface area contributed by atoms with Gasteiger partial charge in [-0.25, -0.2) is 0 Å². The molecule has 18 heavy (non-hydrogen) atoms. The lowest BCUT2D eigenvalue weighted by Gasteiger charge is -2.35. The van der Waals surface area contributed by atoms with Crippen LogP contribution in [0.3, 0.4) is 0 Å². The van der Waals surface area contributed by atoms with E-state index in [1.54, 1.807) is 0 Å². The average molecular weight is 255 g/mol. The molecule has 0 aromatic rings. The summed E-state index contributed by atoms with van der Waals surface area (Å²) in [6.07, 6.45) is 3.25. The SMILES string of the molecule is CC(C)C(CNC(=O)C1(C)CCCCN1)N(C)C. The Hall–Kier alpha value is -0.610. The van der Waals surface area contributed by atoms with Crippen molar-refractivity contribution in [3.63, 3.8) is 0 Å². The maximum Gasteiger partial charge on any atom is 0.240 e. The number of likely N-dealkylation sites (N-methyl/N-ethyl adjacent to an activating group) is 1. The molecule has 1 saturated heterocycles. The van der Waals surface area contributed by atoms with Gasteiger partial charge in [0.1, 0.15) is 0 Å². The van der Waals surface area contributed by atoms with Crippen molar-refractivity contribution < 1.29 is 4.79 Å². The zero-order chi connectivity index (χ0) is 13.8. The van der Waals surface area contributed by atoms with Gasteiger partial charge in [0.2, 0.25) is 5.91 Å². The summed E-state index contributed by atoms with van der Waals surface area (Å²) in [7, 11) is 4.13. The summed E-state index contributed by atoms with van der Waals surface area (Å²) in [6, 6.07) is 0.390. The highest BCUT2D eigenvalue weighted by Gasteiger charge is 2.34. The summed E-state index contributed by atoms with van der Waals surface area (Å²) in [4.78, 5) is 14.5. The van der Waals surface area contributed by atoms with Crippen molar-refractivity contribution in [1.82, 2.24) is 15.5 Å². The lowest BCUT2D eigenvalue weighted by molar-refractivity contribution is -0.128. The van der Waals surface area contributed by atoms with Crippen LogP contribution in [0, 0.1) is 5.92 Å². The van der Waals surface area contributed by atoms with Crippen molar-refractivity contribution in [1.29, 1.82) is 0 Å². The molecule has 2 atom stereocenters. The smallest absolute Gasteiger partial charge is 0.240 e. The molecular formula is C14H29N3O. The highest BCUT2D eigenvalue weighted by molar-refractivity contribution is 5.86. The van der Waals surface area contributed by atoms with Crippen LogP contribution in [-0.4, -0.2) is 49.6 Å². The van der Waals surface area contributed by atoms with Crippen molar-refractivity contribution in [3.8, 4) is 0 Å². The third-order valence-electron chi connectivity index (χ3n) is 4.02. The first-order valence-electron chi connectivity index (χ1n) is 7.06. The van der Waals surface area contributed by atoms with Gasteiger partial charge < -0.3 is 15.5 Å². The molecule has 0 spiro atoms. The standard InChI is InChI=1S/C14H29N3O/c1-11(2)12(17(4)5)10-15-13(18)14(3)8-6-7-9-16-14/h11-12,16H,6-10H2,1-5H3,(H,15,18). The van der Waals surface area contributed by atoms with Gasteiger partial charge in [0, 0.05) is 12.6 Å². The van der Waals surface area contributed by atoms with Gasteiger partial charge in [-0.1, -0.05) is 13.8 Å². The molecule has 0 aromatic carbocycles. The van der Waals surface area contributed by atoms with Gasteiger partial charge in [-0.3, -0.25) is 4.79 Å². The largest absolute Gasteiger partial charge is 0.353 e. The minimum absolute atomic E-state index is 0.148. The molecule has 1 heterocycles. The molecule has 1 rings (SSSR count). The second-order valence-electron chi connectivity index (χ2n) is 6.20. The van der Waals surface area contributed by atoms with E-state index in [4.69, 9.17) is 0 Å². The molecule has 0 aliphatic carbocycles. The molecule has 2 unspecified atom stereocenters. The highest BCUT2D eigenvalue weighted by Crippen LogP contribution is 2.18. The normalized spacial score (nSPS) is 26.4. The lowest BCUT2D eigenvalue weighted by atomic mass is 9.90. The highest BCUT2D eigenvalue weighted by atomic mass is 16.2. The van der Waals surface area contributed by atoms with E-state index in [2.05, 4.69) is 43.5 Å². The van der Waals surface area contributed by atoms with Crippen LogP contribution < -0.4 is 10.6 Å². The minimum atomic E-state index is -0.369. The lowest BCUT2D eigenvalue weighted by Crippen LogP contribution is -2.58. The van der Waals surface area contributed by atoms with Crippen molar-refractivity contribution in [2.75, 3.05) is 27.2 Å². The number of rotatable bonds is 5. The summed E-state index contributed by atoms with van der Waals surface area (Å²) in [6.45, 7) is 8.07. The van der Waals surface area contributed by atoms with E-state index < -0.39 is 0 Å². The molecule has 1 aliphatic heterocycles. The van der Waals surface area contributed by atoms with E-state index in [0.717, 1.165) is 25.9 Å². The predicted molar refractivity (Wildman–Crippen MR) is 75.6 cm³/mol. The number of hydrogen-bond acceptors (Lipinski definition) is 3. The number of nitrogens with one attached hydrogen (secondary N) is 2. The van der Waals surface area contributed by atoms with Crippen LogP contribution in [0.15, 0.2) is 0 Å². The molecule has 0 saturated carbocycles. The minimum Gasteiger partial charge on any atom is -0.353 e. The van der Waals surface area contributed by atoms with Crippen molar-refractivity contribution >= 4 is 5.91 Å². The molecule has 2 N–H and O–H groups in total. The van der Waals surface area contributed by atoms with Gasteiger partial charge in [0.15, 0.2) is 0 Å². The molecule has 0 radical (unpaired) electrons. The van der Waals surface area contributed by atoms with E-state index in [1.165, 1.54) is 6.42 Å². The molecule has 4 nitrogen and oxygen atoms in total. The summed E-state index contributed by atoms with van der Waals surface area (Å²) < 4.78 is 0. The van der Waals surface area contributed by atoms with E-state index >= 15 is 0 Å².